The number of hydrogen-bond donors (Lipinski definition) is 1. The third kappa shape index (κ3) is 3.23. The third-order valence-corrected chi connectivity index (χ3v) is 3.80. The van der Waals surface area contributed by atoms with Gasteiger partial charge in [0.15, 0.2) is 0 Å². The van der Waals surface area contributed by atoms with Crippen LogP contribution in [0, 0.1) is 5.82 Å². The molecule has 1 amide bonds. The lowest BCUT2D eigenvalue weighted by molar-refractivity contribution is -0.118. The predicted molar refractivity (Wildman–Crippen MR) is 70.1 cm³/mol. The Morgan fingerprint density at radius 3 is 2.74 bits per heavy atom. The first kappa shape index (κ1) is 14.2. The molecule has 0 unspecified atom stereocenters. The Kier molecular flexibility index (Phi) is 3.80. The first-order chi connectivity index (χ1) is 8.78. The van der Waals surface area contributed by atoms with E-state index >= 15 is 0 Å². The second-order valence-electron chi connectivity index (χ2n) is 4.32. The van der Waals surface area contributed by atoms with Gasteiger partial charge in [-0.1, -0.05) is 11.6 Å². The topological polar surface area (TPSA) is 66.5 Å². The summed E-state index contributed by atoms with van der Waals surface area (Å²) < 4.78 is 37.8. The van der Waals surface area contributed by atoms with Gasteiger partial charge in [-0.2, -0.15) is 0 Å². The molecule has 19 heavy (non-hydrogen) atoms. The first-order valence-electron chi connectivity index (χ1n) is 5.51. The predicted octanol–water partition coefficient (Wildman–Crippen LogP) is 1.13. The molecule has 0 bridgehead atoms. The number of nitrogens with zero attached hydrogens (tertiary/aromatic N) is 1. The minimum atomic E-state index is -3.45. The smallest absolute Gasteiger partial charge is 0.245 e. The van der Waals surface area contributed by atoms with E-state index in [2.05, 4.69) is 4.72 Å². The molecule has 0 aliphatic carbocycles. The second-order valence-corrected chi connectivity index (χ2v) is 6.51. The summed E-state index contributed by atoms with van der Waals surface area (Å²) in [7, 11) is -3.45. The second kappa shape index (κ2) is 5.07. The molecule has 1 N–H and O–H groups in total. The molecule has 1 fully saturated rings. The molecule has 1 aliphatic heterocycles. The van der Waals surface area contributed by atoms with E-state index in [1.165, 1.54) is 17.0 Å². The van der Waals surface area contributed by atoms with Crippen LogP contribution in [0.1, 0.15) is 6.42 Å². The molecule has 1 aromatic carbocycles. The lowest BCUT2D eigenvalue weighted by Crippen LogP contribution is -2.41. The fourth-order valence-electron chi connectivity index (χ4n) is 1.96. The lowest BCUT2D eigenvalue weighted by Gasteiger charge is -2.17. The standard InChI is InChI=1S/C11H12ClFN2O3S/c1-19(17,18)14-10-4-5-15(11(10)16)7-2-3-8(12)9(13)6-7/h2-3,6,10,14H,4-5H2,1H3/t10-/m1/s1. The van der Waals surface area contributed by atoms with E-state index in [1.807, 2.05) is 0 Å². The number of nitrogens with one attached hydrogen (secondary N) is 1. The van der Waals surface area contributed by atoms with Gasteiger partial charge in [0.25, 0.3) is 0 Å². The quantitative estimate of drug-likeness (QED) is 0.910. The van der Waals surface area contributed by atoms with Crippen LogP contribution in [0.3, 0.4) is 0 Å². The number of hydrogen-bond acceptors (Lipinski definition) is 3. The number of amides is 1. The number of carbonyl (C=O) groups excluding carboxylic acids is 1. The number of carbonyl (C=O) groups is 1. The van der Waals surface area contributed by atoms with Gasteiger partial charge in [-0.05, 0) is 24.6 Å². The van der Waals surface area contributed by atoms with E-state index in [1.54, 1.807) is 0 Å². The average molecular weight is 307 g/mol. The number of sulfonamides is 1. The van der Waals surface area contributed by atoms with Crippen LogP contribution in [-0.2, 0) is 14.8 Å². The van der Waals surface area contributed by atoms with Crippen molar-refractivity contribution >= 4 is 33.2 Å². The maximum absolute atomic E-state index is 13.3. The molecule has 5 nitrogen and oxygen atoms in total. The molecule has 1 aliphatic rings. The molecule has 1 aromatic rings. The Balaban J connectivity index is 2.20. The van der Waals surface area contributed by atoms with Crippen LogP contribution in [0.25, 0.3) is 0 Å². The van der Waals surface area contributed by atoms with Crippen LogP contribution in [-0.4, -0.2) is 33.2 Å². The van der Waals surface area contributed by atoms with Crippen LogP contribution in [0.15, 0.2) is 18.2 Å². The van der Waals surface area contributed by atoms with E-state index in [9.17, 15) is 17.6 Å². The zero-order valence-corrected chi connectivity index (χ0v) is 11.6. The SMILES string of the molecule is CS(=O)(=O)N[C@@H]1CCN(c2ccc(Cl)c(F)c2)C1=O. The lowest BCUT2D eigenvalue weighted by atomic mass is 10.3. The van der Waals surface area contributed by atoms with Gasteiger partial charge in [-0.15, -0.1) is 0 Å². The van der Waals surface area contributed by atoms with E-state index in [4.69, 9.17) is 11.6 Å². The molecule has 1 atom stereocenters. The van der Waals surface area contributed by atoms with Gasteiger partial charge in [-0.25, -0.2) is 17.5 Å². The van der Waals surface area contributed by atoms with Crippen molar-refractivity contribution in [2.45, 2.75) is 12.5 Å². The number of halogens is 2. The van der Waals surface area contributed by atoms with Gasteiger partial charge in [0.1, 0.15) is 11.9 Å². The minimum absolute atomic E-state index is 0.0267. The van der Waals surface area contributed by atoms with E-state index in [0.29, 0.717) is 18.7 Å². The van der Waals surface area contributed by atoms with Crippen molar-refractivity contribution in [3.63, 3.8) is 0 Å². The van der Waals surface area contributed by atoms with Crippen molar-refractivity contribution in [1.29, 1.82) is 0 Å². The Bertz CT molecular complexity index is 620. The largest absolute Gasteiger partial charge is 0.311 e. The van der Waals surface area contributed by atoms with Gasteiger partial charge in [-0.3, -0.25) is 4.79 Å². The number of benzene rings is 1. The zero-order chi connectivity index (χ0) is 14.2. The van der Waals surface area contributed by atoms with Gasteiger partial charge < -0.3 is 4.90 Å². The third-order valence-electron chi connectivity index (χ3n) is 2.78. The highest BCUT2D eigenvalue weighted by molar-refractivity contribution is 7.88. The Morgan fingerprint density at radius 2 is 2.16 bits per heavy atom. The summed E-state index contributed by atoms with van der Waals surface area (Å²) in [6.07, 6.45) is 1.33. The molecule has 1 saturated heterocycles. The summed E-state index contributed by atoms with van der Waals surface area (Å²) in [6, 6.07) is 3.24. The van der Waals surface area contributed by atoms with Crippen molar-refractivity contribution in [2.24, 2.45) is 0 Å². The van der Waals surface area contributed by atoms with Gasteiger partial charge in [0.05, 0.1) is 11.3 Å². The van der Waals surface area contributed by atoms with Crippen molar-refractivity contribution in [2.75, 3.05) is 17.7 Å². The van der Waals surface area contributed by atoms with E-state index < -0.39 is 27.8 Å². The molecule has 0 radical (unpaired) electrons. The molecule has 0 aromatic heterocycles. The molecule has 1 heterocycles. The maximum Gasteiger partial charge on any atom is 0.245 e. The Labute approximate surface area is 115 Å². The normalized spacial score (nSPS) is 20.1. The highest BCUT2D eigenvalue weighted by atomic mass is 35.5. The summed E-state index contributed by atoms with van der Waals surface area (Å²) in [5.41, 5.74) is 0.365. The summed E-state index contributed by atoms with van der Waals surface area (Å²) in [4.78, 5) is 13.4. The van der Waals surface area contributed by atoms with Gasteiger partial charge >= 0.3 is 0 Å². The van der Waals surface area contributed by atoms with Crippen LogP contribution in [0.4, 0.5) is 10.1 Å². The van der Waals surface area contributed by atoms with Crippen molar-refractivity contribution < 1.29 is 17.6 Å². The maximum atomic E-state index is 13.3. The van der Waals surface area contributed by atoms with Crippen molar-refractivity contribution in [3.05, 3.63) is 29.0 Å². The molecule has 104 valence electrons. The van der Waals surface area contributed by atoms with E-state index in [-0.39, 0.29) is 5.02 Å². The Morgan fingerprint density at radius 1 is 1.47 bits per heavy atom. The van der Waals surface area contributed by atoms with E-state index in [0.717, 1.165) is 12.3 Å². The number of rotatable bonds is 3. The van der Waals surface area contributed by atoms with Crippen LogP contribution >= 0.6 is 11.6 Å². The fourth-order valence-corrected chi connectivity index (χ4v) is 2.81. The molecule has 2 rings (SSSR count). The summed E-state index contributed by atoms with van der Waals surface area (Å²) in [6.45, 7) is 0.326. The fraction of sp³-hybridized carbons (Fsp3) is 0.364. The first-order valence-corrected chi connectivity index (χ1v) is 7.78. The van der Waals surface area contributed by atoms with Gasteiger partial charge in [0.2, 0.25) is 15.9 Å². The summed E-state index contributed by atoms with van der Waals surface area (Å²) in [5.74, 6) is -1.02. The minimum Gasteiger partial charge on any atom is -0.311 e. The zero-order valence-electron chi connectivity index (χ0n) is 10.1. The van der Waals surface area contributed by atoms with Crippen molar-refractivity contribution in [1.82, 2.24) is 4.72 Å². The van der Waals surface area contributed by atoms with Crippen LogP contribution in [0.5, 0.6) is 0 Å². The molecular weight excluding hydrogens is 295 g/mol. The Hall–Kier alpha value is -1.18. The van der Waals surface area contributed by atoms with Crippen LogP contribution < -0.4 is 9.62 Å². The number of anilines is 1. The summed E-state index contributed by atoms with van der Waals surface area (Å²) >= 11 is 5.57. The highest BCUT2D eigenvalue weighted by Crippen LogP contribution is 2.25. The monoisotopic (exact) mass is 306 g/mol. The summed E-state index contributed by atoms with van der Waals surface area (Å²) in [5, 5.41) is -0.0267. The molecule has 0 spiro atoms. The van der Waals surface area contributed by atoms with Crippen LogP contribution in [0.2, 0.25) is 5.02 Å². The molecule has 8 heteroatoms. The molecular formula is C11H12ClFN2O3S. The van der Waals surface area contributed by atoms with Crippen molar-refractivity contribution in [3.8, 4) is 0 Å². The molecule has 0 saturated carbocycles. The highest BCUT2D eigenvalue weighted by Gasteiger charge is 2.34. The van der Waals surface area contributed by atoms with Gasteiger partial charge in [0, 0.05) is 12.2 Å². The average Bonchev–Trinajstić information content (AvgIpc) is 2.63.